The summed E-state index contributed by atoms with van der Waals surface area (Å²) in [5, 5.41) is 0. The molecule has 1 saturated carbocycles. The molecule has 0 atom stereocenters. The summed E-state index contributed by atoms with van der Waals surface area (Å²) in [5.41, 5.74) is 6.73. The lowest BCUT2D eigenvalue weighted by molar-refractivity contribution is 1.07. The zero-order chi connectivity index (χ0) is 17.3. The Kier molecular flexibility index (Phi) is 3.64. The molecule has 0 unspecified atom stereocenters. The molecule has 0 bridgehead atoms. The van der Waals surface area contributed by atoms with Crippen molar-refractivity contribution in [3.05, 3.63) is 78.6 Å². The maximum Gasteiger partial charge on any atom is 0.149 e. The largest absolute Gasteiger partial charge is 0.337 e. The first-order chi connectivity index (χ1) is 12.9. The van der Waals surface area contributed by atoms with Gasteiger partial charge >= 0.3 is 0 Å². The minimum absolute atomic E-state index is 0.491. The number of fused-ring (bicyclic) bond motifs is 1. The Labute approximate surface area is 152 Å². The zero-order valence-corrected chi connectivity index (χ0v) is 14.4. The fourth-order valence-corrected chi connectivity index (χ4v) is 3.28. The van der Waals surface area contributed by atoms with Crippen LogP contribution in [0, 0.1) is 0 Å². The molecule has 3 aromatic carbocycles. The summed E-state index contributed by atoms with van der Waals surface area (Å²) in [4.78, 5) is 13.0. The van der Waals surface area contributed by atoms with Crippen molar-refractivity contribution in [1.29, 1.82) is 0 Å². The van der Waals surface area contributed by atoms with Crippen LogP contribution >= 0.6 is 0 Å². The van der Waals surface area contributed by atoms with E-state index in [-0.39, 0.29) is 0 Å². The molecule has 3 heteroatoms. The second-order valence-corrected chi connectivity index (χ2v) is 6.75. The van der Waals surface area contributed by atoms with E-state index in [0.29, 0.717) is 6.04 Å². The number of hydrogen-bond donors (Lipinski definition) is 1. The second-order valence-electron chi connectivity index (χ2n) is 6.75. The third kappa shape index (κ3) is 2.82. The molecule has 1 N–H and O–H groups in total. The molecule has 5 rings (SSSR count). The van der Waals surface area contributed by atoms with Crippen LogP contribution in [0.25, 0.3) is 33.3 Å². The van der Waals surface area contributed by atoms with E-state index in [2.05, 4.69) is 70.6 Å². The average molecular weight is 337 g/mol. The molecule has 0 spiro atoms. The maximum atomic E-state index is 4.87. The summed E-state index contributed by atoms with van der Waals surface area (Å²) in [7, 11) is 0. The van der Waals surface area contributed by atoms with Crippen molar-refractivity contribution in [1.82, 2.24) is 9.97 Å². The number of hydrogen-bond acceptors (Lipinski definition) is 2. The first kappa shape index (κ1) is 15.1. The van der Waals surface area contributed by atoms with Crippen molar-refractivity contribution < 1.29 is 0 Å². The maximum absolute atomic E-state index is 4.87. The van der Waals surface area contributed by atoms with Crippen LogP contribution in [0.1, 0.15) is 18.7 Å². The third-order valence-corrected chi connectivity index (χ3v) is 4.79. The normalized spacial score (nSPS) is 14.3. The highest BCUT2D eigenvalue weighted by atomic mass is 15.0. The Bertz CT molecular complexity index is 998. The highest BCUT2D eigenvalue weighted by Gasteiger charge is 2.19. The van der Waals surface area contributed by atoms with E-state index in [4.69, 9.17) is 4.98 Å². The second kappa shape index (κ2) is 6.26. The smallest absolute Gasteiger partial charge is 0.149 e. The number of H-pyrrole nitrogens is 1. The molecular weight excluding hydrogens is 318 g/mol. The van der Waals surface area contributed by atoms with Crippen molar-refractivity contribution in [2.24, 2.45) is 4.99 Å². The Morgan fingerprint density at radius 3 is 2.08 bits per heavy atom. The molecule has 0 saturated heterocycles. The lowest BCUT2D eigenvalue weighted by Gasteiger charge is -2.07. The summed E-state index contributed by atoms with van der Waals surface area (Å²) in [6, 6.07) is 25.7. The van der Waals surface area contributed by atoms with Gasteiger partial charge in [-0.15, -0.1) is 0 Å². The molecule has 0 amide bonds. The number of aliphatic imine (C=N–C) groups is 1. The van der Waals surface area contributed by atoms with Crippen LogP contribution in [0.5, 0.6) is 0 Å². The molecular formula is C23H19N3. The van der Waals surface area contributed by atoms with Gasteiger partial charge in [0, 0.05) is 11.1 Å². The first-order valence-corrected chi connectivity index (χ1v) is 9.05. The Balaban J connectivity index is 1.71. The van der Waals surface area contributed by atoms with Crippen molar-refractivity contribution in [3.8, 4) is 22.3 Å². The monoisotopic (exact) mass is 337 g/mol. The van der Waals surface area contributed by atoms with Gasteiger partial charge < -0.3 is 4.98 Å². The molecule has 1 heterocycles. The van der Waals surface area contributed by atoms with Gasteiger partial charge in [0.2, 0.25) is 0 Å². The SMILES string of the molecule is C(=N\C1CC1)/c1nc2c(-c3ccccc3)ccc(-c3ccccc3)c2[nH]1. The summed E-state index contributed by atoms with van der Waals surface area (Å²) in [6.45, 7) is 0. The van der Waals surface area contributed by atoms with Gasteiger partial charge in [0.25, 0.3) is 0 Å². The zero-order valence-electron chi connectivity index (χ0n) is 14.4. The number of aromatic amines is 1. The van der Waals surface area contributed by atoms with Gasteiger partial charge in [-0.2, -0.15) is 0 Å². The fraction of sp³-hybridized carbons (Fsp3) is 0.130. The van der Waals surface area contributed by atoms with E-state index in [9.17, 15) is 0 Å². The molecule has 1 aliphatic carbocycles. The van der Waals surface area contributed by atoms with Crippen LogP contribution < -0.4 is 0 Å². The first-order valence-electron chi connectivity index (χ1n) is 9.05. The van der Waals surface area contributed by atoms with Crippen LogP contribution in [-0.2, 0) is 0 Å². The van der Waals surface area contributed by atoms with E-state index < -0.39 is 0 Å². The minimum Gasteiger partial charge on any atom is -0.337 e. The number of rotatable bonds is 4. The lowest BCUT2D eigenvalue weighted by atomic mass is 9.98. The summed E-state index contributed by atoms with van der Waals surface area (Å²) >= 11 is 0. The predicted molar refractivity (Wildman–Crippen MR) is 108 cm³/mol. The highest BCUT2D eigenvalue weighted by molar-refractivity contribution is 6.02. The van der Waals surface area contributed by atoms with Gasteiger partial charge in [-0.3, -0.25) is 4.99 Å². The van der Waals surface area contributed by atoms with Crippen LogP contribution in [0.15, 0.2) is 77.8 Å². The molecule has 0 aliphatic heterocycles. The van der Waals surface area contributed by atoms with Crippen molar-refractivity contribution in [2.75, 3.05) is 0 Å². The van der Waals surface area contributed by atoms with Gasteiger partial charge in [-0.25, -0.2) is 4.98 Å². The molecule has 26 heavy (non-hydrogen) atoms. The number of aromatic nitrogens is 2. The Hall–Kier alpha value is -3.20. The number of benzene rings is 3. The summed E-state index contributed by atoms with van der Waals surface area (Å²) in [6.07, 6.45) is 4.28. The Morgan fingerprint density at radius 1 is 0.808 bits per heavy atom. The fourth-order valence-electron chi connectivity index (χ4n) is 3.28. The van der Waals surface area contributed by atoms with Gasteiger partial charge in [0.15, 0.2) is 0 Å². The van der Waals surface area contributed by atoms with Crippen molar-refractivity contribution >= 4 is 17.2 Å². The molecule has 3 nitrogen and oxygen atoms in total. The quantitative estimate of drug-likeness (QED) is 0.492. The molecule has 1 aliphatic rings. The highest BCUT2D eigenvalue weighted by Crippen LogP contribution is 2.34. The van der Waals surface area contributed by atoms with Crippen LogP contribution in [-0.4, -0.2) is 22.2 Å². The number of nitrogens with zero attached hydrogens (tertiary/aromatic N) is 2. The van der Waals surface area contributed by atoms with Crippen LogP contribution in [0.2, 0.25) is 0 Å². The van der Waals surface area contributed by atoms with E-state index >= 15 is 0 Å². The summed E-state index contributed by atoms with van der Waals surface area (Å²) in [5.74, 6) is 0.826. The van der Waals surface area contributed by atoms with Crippen LogP contribution in [0.4, 0.5) is 0 Å². The molecule has 126 valence electrons. The van der Waals surface area contributed by atoms with Crippen molar-refractivity contribution in [3.63, 3.8) is 0 Å². The van der Waals surface area contributed by atoms with Crippen molar-refractivity contribution in [2.45, 2.75) is 18.9 Å². The standard InChI is InChI=1S/C23H19N3/c1-3-7-16(8-4-1)19-13-14-20(17-9-5-2-6-10-17)23-22(19)25-21(26-23)15-24-18-11-12-18/h1-10,13-15,18H,11-12H2,(H,25,26)/b24-15+. The Morgan fingerprint density at radius 2 is 1.42 bits per heavy atom. The van der Waals surface area contributed by atoms with Gasteiger partial charge in [0.05, 0.1) is 23.3 Å². The van der Waals surface area contributed by atoms with E-state index in [1.165, 1.54) is 29.5 Å². The third-order valence-electron chi connectivity index (χ3n) is 4.79. The average Bonchev–Trinajstić information content (AvgIpc) is 3.44. The van der Waals surface area contributed by atoms with E-state index in [1.54, 1.807) is 0 Å². The van der Waals surface area contributed by atoms with E-state index in [1.807, 2.05) is 18.3 Å². The minimum atomic E-state index is 0.491. The van der Waals surface area contributed by atoms with E-state index in [0.717, 1.165) is 22.4 Å². The molecule has 1 aromatic heterocycles. The molecule has 1 fully saturated rings. The molecule has 0 radical (unpaired) electrons. The topological polar surface area (TPSA) is 41.0 Å². The molecule has 4 aromatic rings. The number of nitrogens with one attached hydrogen (secondary N) is 1. The van der Waals surface area contributed by atoms with Gasteiger partial charge in [0.1, 0.15) is 5.82 Å². The van der Waals surface area contributed by atoms with Crippen LogP contribution in [0.3, 0.4) is 0 Å². The summed E-state index contributed by atoms with van der Waals surface area (Å²) < 4.78 is 0. The van der Waals surface area contributed by atoms with Gasteiger partial charge in [-0.05, 0) is 24.0 Å². The predicted octanol–water partition coefficient (Wildman–Crippen LogP) is 5.48. The lowest BCUT2D eigenvalue weighted by Crippen LogP contribution is -1.85. The van der Waals surface area contributed by atoms with Gasteiger partial charge in [-0.1, -0.05) is 72.8 Å². The number of imidazole rings is 1.